The van der Waals surface area contributed by atoms with Gasteiger partial charge in [0.2, 0.25) is 0 Å². The van der Waals surface area contributed by atoms with Gasteiger partial charge in [-0.1, -0.05) is 0 Å². The molecule has 0 aliphatic rings. The van der Waals surface area contributed by atoms with Crippen LogP contribution in [0.25, 0.3) is 0 Å². The van der Waals surface area contributed by atoms with Crippen LogP contribution in [0.4, 0.5) is 0 Å². The normalized spacial score (nSPS) is 10.8. The molecule has 1 N–H and O–H groups in total. The number of nitrogens with one attached hydrogen (secondary N) is 1. The molecule has 0 amide bonds. The third-order valence-electron chi connectivity index (χ3n) is 2.90. The monoisotopic (exact) mass is 281 g/mol. The third kappa shape index (κ3) is 6.10. The summed E-state index contributed by atoms with van der Waals surface area (Å²) < 4.78 is 9.64. The van der Waals surface area contributed by atoms with Crippen LogP contribution in [-0.4, -0.2) is 63.4 Å². The number of likely N-dealkylation sites (N-methyl/N-ethyl adjacent to an activating group) is 1. The zero-order valence-electron chi connectivity index (χ0n) is 12.4. The van der Waals surface area contributed by atoms with Crippen molar-refractivity contribution >= 4 is 5.97 Å². The van der Waals surface area contributed by atoms with E-state index in [1.54, 1.807) is 13.2 Å². The highest BCUT2D eigenvalue weighted by molar-refractivity contribution is 5.88. The van der Waals surface area contributed by atoms with Crippen molar-refractivity contribution < 1.29 is 14.3 Å². The van der Waals surface area contributed by atoms with Crippen LogP contribution in [0.5, 0.6) is 0 Å². The van der Waals surface area contributed by atoms with Gasteiger partial charge in [-0.25, -0.2) is 4.79 Å². The molecule has 112 valence electrons. The van der Waals surface area contributed by atoms with Gasteiger partial charge in [-0.05, 0) is 19.2 Å². The van der Waals surface area contributed by atoms with Crippen LogP contribution in [0.1, 0.15) is 16.1 Å². The van der Waals surface area contributed by atoms with E-state index in [2.05, 4.69) is 27.0 Å². The molecule has 0 spiro atoms. The second-order valence-corrected chi connectivity index (χ2v) is 4.50. The van der Waals surface area contributed by atoms with Gasteiger partial charge in [0, 0.05) is 39.5 Å². The Hall–Kier alpha value is -1.50. The van der Waals surface area contributed by atoms with Gasteiger partial charge in [-0.15, -0.1) is 0 Å². The van der Waals surface area contributed by atoms with E-state index in [1.165, 1.54) is 13.3 Å². The molecule has 0 aliphatic heterocycles. The van der Waals surface area contributed by atoms with Crippen molar-refractivity contribution in [1.82, 2.24) is 15.2 Å². The summed E-state index contributed by atoms with van der Waals surface area (Å²) >= 11 is 0. The molecular weight excluding hydrogens is 258 g/mol. The van der Waals surface area contributed by atoms with Crippen molar-refractivity contribution in [3.05, 3.63) is 29.6 Å². The van der Waals surface area contributed by atoms with Crippen molar-refractivity contribution in [2.24, 2.45) is 0 Å². The van der Waals surface area contributed by atoms with Crippen molar-refractivity contribution in [3.8, 4) is 0 Å². The number of esters is 1. The van der Waals surface area contributed by atoms with E-state index in [1.807, 2.05) is 6.07 Å². The predicted molar refractivity (Wildman–Crippen MR) is 76.7 cm³/mol. The number of pyridine rings is 1. The van der Waals surface area contributed by atoms with Crippen molar-refractivity contribution in [3.63, 3.8) is 0 Å². The second-order valence-electron chi connectivity index (χ2n) is 4.50. The standard InChI is InChI=1S/C14H23N3O3/c1-17(8-9-19-2)7-6-15-11-13-5-4-12(10-16-13)14(18)20-3/h4-5,10,15H,6-9,11H2,1-3H3. The Kier molecular flexibility index (Phi) is 7.79. The molecule has 0 fully saturated rings. The first kappa shape index (κ1) is 16.6. The van der Waals surface area contributed by atoms with Crippen molar-refractivity contribution in [2.75, 3.05) is 47.5 Å². The fraction of sp³-hybridized carbons (Fsp3) is 0.571. The van der Waals surface area contributed by atoms with E-state index < -0.39 is 0 Å². The van der Waals surface area contributed by atoms with E-state index in [0.29, 0.717) is 12.1 Å². The van der Waals surface area contributed by atoms with E-state index in [-0.39, 0.29) is 5.97 Å². The number of carbonyl (C=O) groups excluding carboxylic acids is 1. The Morgan fingerprint density at radius 2 is 2.15 bits per heavy atom. The Balaban J connectivity index is 2.23. The molecule has 6 heteroatoms. The molecule has 1 aromatic rings. The predicted octanol–water partition coefficient (Wildman–Crippen LogP) is 0.536. The minimum Gasteiger partial charge on any atom is -0.465 e. The van der Waals surface area contributed by atoms with E-state index >= 15 is 0 Å². The highest BCUT2D eigenvalue weighted by Crippen LogP contribution is 2.01. The first-order valence-electron chi connectivity index (χ1n) is 6.58. The lowest BCUT2D eigenvalue weighted by Crippen LogP contribution is -2.31. The van der Waals surface area contributed by atoms with E-state index in [9.17, 15) is 4.79 Å². The van der Waals surface area contributed by atoms with E-state index in [0.717, 1.165) is 31.9 Å². The Morgan fingerprint density at radius 3 is 2.75 bits per heavy atom. The lowest BCUT2D eigenvalue weighted by atomic mass is 10.2. The van der Waals surface area contributed by atoms with Gasteiger partial charge in [0.25, 0.3) is 0 Å². The number of hydrogen-bond acceptors (Lipinski definition) is 6. The molecule has 6 nitrogen and oxygen atoms in total. The van der Waals surface area contributed by atoms with Gasteiger partial charge in [0.15, 0.2) is 0 Å². The van der Waals surface area contributed by atoms with Crippen molar-refractivity contribution in [2.45, 2.75) is 6.54 Å². The van der Waals surface area contributed by atoms with E-state index in [4.69, 9.17) is 4.74 Å². The summed E-state index contributed by atoms with van der Waals surface area (Å²) in [6.45, 7) is 4.17. The second kappa shape index (κ2) is 9.41. The maximum atomic E-state index is 11.3. The molecule has 20 heavy (non-hydrogen) atoms. The van der Waals surface area contributed by atoms with Crippen LogP contribution >= 0.6 is 0 Å². The SMILES string of the molecule is COCCN(C)CCNCc1ccc(C(=O)OC)cn1. The average molecular weight is 281 g/mol. The summed E-state index contributed by atoms with van der Waals surface area (Å²) in [5, 5.41) is 3.31. The summed E-state index contributed by atoms with van der Waals surface area (Å²) in [7, 11) is 5.12. The number of hydrogen-bond donors (Lipinski definition) is 1. The van der Waals surface area contributed by atoms with Crippen LogP contribution in [0, 0.1) is 0 Å². The van der Waals surface area contributed by atoms with Gasteiger partial charge >= 0.3 is 5.97 Å². The summed E-state index contributed by atoms with van der Waals surface area (Å²) in [6, 6.07) is 3.55. The topological polar surface area (TPSA) is 63.7 Å². The zero-order chi connectivity index (χ0) is 14.8. The summed E-state index contributed by atoms with van der Waals surface area (Å²) in [6.07, 6.45) is 1.54. The minimum absolute atomic E-state index is 0.364. The molecule has 1 aromatic heterocycles. The minimum atomic E-state index is -0.364. The van der Waals surface area contributed by atoms with Crippen LogP contribution < -0.4 is 5.32 Å². The van der Waals surface area contributed by atoms with Gasteiger partial charge in [0.1, 0.15) is 0 Å². The highest BCUT2D eigenvalue weighted by Gasteiger charge is 2.05. The third-order valence-corrected chi connectivity index (χ3v) is 2.90. The smallest absolute Gasteiger partial charge is 0.339 e. The largest absolute Gasteiger partial charge is 0.465 e. The molecule has 0 radical (unpaired) electrons. The number of aromatic nitrogens is 1. The average Bonchev–Trinajstić information content (AvgIpc) is 2.49. The molecule has 1 rings (SSSR count). The van der Waals surface area contributed by atoms with Gasteiger partial charge < -0.3 is 19.7 Å². The van der Waals surface area contributed by atoms with Crippen LogP contribution in [0.3, 0.4) is 0 Å². The quantitative estimate of drug-likeness (QED) is 0.526. The van der Waals surface area contributed by atoms with Gasteiger partial charge in [-0.3, -0.25) is 4.98 Å². The first-order chi connectivity index (χ1) is 9.67. The molecule has 1 heterocycles. The fourth-order valence-corrected chi connectivity index (χ4v) is 1.61. The molecule has 0 saturated heterocycles. The molecular formula is C14H23N3O3. The summed E-state index contributed by atoms with van der Waals surface area (Å²) in [5.74, 6) is -0.364. The molecule has 0 aliphatic carbocycles. The Labute approximate surface area is 120 Å². The maximum absolute atomic E-state index is 11.3. The molecule has 0 atom stereocenters. The van der Waals surface area contributed by atoms with Crippen LogP contribution in [-0.2, 0) is 16.0 Å². The van der Waals surface area contributed by atoms with Crippen LogP contribution in [0.2, 0.25) is 0 Å². The maximum Gasteiger partial charge on any atom is 0.339 e. The molecule has 0 bridgehead atoms. The highest BCUT2D eigenvalue weighted by atomic mass is 16.5. The first-order valence-corrected chi connectivity index (χ1v) is 6.58. The Bertz CT molecular complexity index is 395. The summed E-state index contributed by atoms with van der Waals surface area (Å²) in [4.78, 5) is 17.7. The fourth-order valence-electron chi connectivity index (χ4n) is 1.61. The number of methoxy groups -OCH3 is 2. The zero-order valence-corrected chi connectivity index (χ0v) is 12.4. The Morgan fingerprint density at radius 1 is 1.35 bits per heavy atom. The lowest BCUT2D eigenvalue weighted by molar-refractivity contribution is 0.0600. The van der Waals surface area contributed by atoms with Crippen LogP contribution in [0.15, 0.2) is 18.3 Å². The number of rotatable bonds is 9. The van der Waals surface area contributed by atoms with Gasteiger partial charge in [-0.2, -0.15) is 0 Å². The lowest BCUT2D eigenvalue weighted by Gasteiger charge is -2.16. The number of carbonyl (C=O) groups is 1. The summed E-state index contributed by atoms with van der Waals surface area (Å²) in [5.41, 5.74) is 1.37. The molecule has 0 aromatic carbocycles. The molecule has 0 unspecified atom stereocenters. The molecule has 0 saturated carbocycles. The van der Waals surface area contributed by atoms with Crippen molar-refractivity contribution in [1.29, 1.82) is 0 Å². The number of nitrogens with zero attached hydrogens (tertiary/aromatic N) is 2. The van der Waals surface area contributed by atoms with Gasteiger partial charge in [0.05, 0.1) is 25.0 Å². The number of ether oxygens (including phenoxy) is 2.